The number of fused-ring (bicyclic) bond motifs is 1. The van der Waals surface area contributed by atoms with Gasteiger partial charge in [-0.25, -0.2) is 0 Å². The number of nitrogens with zero attached hydrogens (tertiary/aromatic N) is 2. The third-order valence-corrected chi connectivity index (χ3v) is 8.28. The highest BCUT2D eigenvalue weighted by Crippen LogP contribution is 2.30. The van der Waals surface area contributed by atoms with E-state index in [-0.39, 0.29) is 23.4 Å². The number of amides is 2. The fourth-order valence-corrected chi connectivity index (χ4v) is 6.07. The summed E-state index contributed by atoms with van der Waals surface area (Å²) in [6, 6.07) is 11.4. The Bertz CT molecular complexity index is 1170. The predicted molar refractivity (Wildman–Crippen MR) is 140 cm³/mol. The van der Waals surface area contributed by atoms with Crippen LogP contribution in [0.3, 0.4) is 0 Å². The van der Waals surface area contributed by atoms with Gasteiger partial charge in [0.2, 0.25) is 5.91 Å². The molecule has 1 saturated carbocycles. The average molecular weight is 493 g/mol. The van der Waals surface area contributed by atoms with Crippen LogP contribution in [0.5, 0.6) is 0 Å². The van der Waals surface area contributed by atoms with Crippen molar-refractivity contribution in [2.24, 2.45) is 10.9 Å². The average Bonchev–Trinajstić information content (AvgIpc) is 3.20. The largest absolute Gasteiger partial charge is 0.355 e. The van der Waals surface area contributed by atoms with Crippen molar-refractivity contribution in [2.75, 3.05) is 0 Å². The molecule has 2 unspecified atom stereocenters. The number of allylic oxidation sites excluding steroid dienone is 2. The van der Waals surface area contributed by atoms with Crippen molar-refractivity contribution in [1.29, 1.82) is 0 Å². The summed E-state index contributed by atoms with van der Waals surface area (Å²) in [5.41, 5.74) is 4.34. The van der Waals surface area contributed by atoms with Crippen molar-refractivity contribution >= 4 is 40.0 Å². The molecule has 2 fully saturated rings. The molecule has 0 spiro atoms. The topological polar surface area (TPSA) is 108 Å². The van der Waals surface area contributed by atoms with Crippen LogP contribution in [0, 0.1) is 12.8 Å². The molecule has 1 aliphatic carbocycles. The molecule has 5 rings (SSSR count). The first-order chi connectivity index (χ1) is 17.0. The lowest BCUT2D eigenvalue weighted by Crippen LogP contribution is -2.50. The van der Waals surface area contributed by atoms with Crippen LogP contribution in [-0.4, -0.2) is 46.0 Å². The van der Waals surface area contributed by atoms with Crippen LogP contribution >= 0.6 is 11.8 Å². The highest BCUT2D eigenvalue weighted by molar-refractivity contribution is 8.15. The van der Waals surface area contributed by atoms with Gasteiger partial charge in [-0.3, -0.25) is 30.2 Å². The molecule has 3 heterocycles. The van der Waals surface area contributed by atoms with Gasteiger partial charge in [-0.2, -0.15) is 0 Å². The number of carbonyl (C=O) groups excluding carboxylic acids is 2. The Morgan fingerprint density at radius 1 is 1.14 bits per heavy atom. The summed E-state index contributed by atoms with van der Waals surface area (Å²) >= 11 is 1.06. The molecule has 8 nitrogen and oxygen atoms in total. The van der Waals surface area contributed by atoms with Gasteiger partial charge in [0, 0.05) is 47.5 Å². The molecule has 3 atom stereocenters. The molecule has 4 N–H and O–H groups in total. The summed E-state index contributed by atoms with van der Waals surface area (Å²) in [6.45, 7) is 4.87. The number of thioether (sulfide) groups is 1. The van der Waals surface area contributed by atoms with Gasteiger partial charge in [0.25, 0.3) is 5.24 Å². The van der Waals surface area contributed by atoms with Crippen molar-refractivity contribution in [3.63, 3.8) is 0 Å². The summed E-state index contributed by atoms with van der Waals surface area (Å²) in [6.07, 6.45) is 7.82. The molecular weight excluding hydrogens is 460 g/mol. The van der Waals surface area contributed by atoms with Gasteiger partial charge in [-0.05, 0) is 56.4 Å². The molecule has 184 valence electrons. The molecule has 9 heteroatoms. The van der Waals surface area contributed by atoms with Crippen LogP contribution in [0.1, 0.15) is 43.9 Å². The summed E-state index contributed by atoms with van der Waals surface area (Å²) < 4.78 is 0. The maximum atomic E-state index is 12.1. The zero-order valence-electron chi connectivity index (χ0n) is 20.1. The SMILES string of the molecule is Cc1cc(CN[C@H]2CC[C@@H](NC3N=CC=C([C@H](C)C4SC(=O)NC4=O)N3)CC2)c2ccccc2n1. The Morgan fingerprint density at radius 2 is 1.91 bits per heavy atom. The monoisotopic (exact) mass is 492 g/mol. The normalized spacial score (nSPS) is 27.4. The van der Waals surface area contributed by atoms with E-state index in [1.807, 2.05) is 19.1 Å². The Kier molecular flexibility index (Phi) is 7.17. The third-order valence-electron chi connectivity index (χ3n) is 7.09. The first-order valence-corrected chi connectivity index (χ1v) is 13.2. The number of pyridine rings is 1. The minimum atomic E-state index is -0.406. The van der Waals surface area contributed by atoms with E-state index >= 15 is 0 Å². The molecular formula is C26H32N6O2S. The highest BCUT2D eigenvalue weighted by atomic mass is 32.2. The number of imide groups is 1. The second kappa shape index (κ2) is 10.5. The van der Waals surface area contributed by atoms with Gasteiger partial charge in [0.1, 0.15) is 5.25 Å². The second-order valence-corrected chi connectivity index (χ2v) is 10.7. The van der Waals surface area contributed by atoms with Crippen LogP contribution in [-0.2, 0) is 11.3 Å². The lowest BCUT2D eigenvalue weighted by Gasteiger charge is -2.34. The van der Waals surface area contributed by atoms with Gasteiger partial charge < -0.3 is 10.6 Å². The van der Waals surface area contributed by atoms with Gasteiger partial charge >= 0.3 is 0 Å². The first-order valence-electron chi connectivity index (χ1n) is 12.3. The van der Waals surface area contributed by atoms with E-state index in [2.05, 4.69) is 62.4 Å². The molecule has 0 bridgehead atoms. The number of hydrogen-bond acceptors (Lipinski definition) is 8. The number of carbonyl (C=O) groups is 2. The standard InChI is InChI=1S/C26H32N6O2S/c1-15-13-17(20-5-3-4-6-22(20)29-15)14-28-18-7-9-19(10-8-18)30-25-27-12-11-21(31-25)16(2)23-24(33)32-26(34)35-23/h3-6,11-13,16,18-19,23,25,28,30-31H,7-10,14H2,1-2H3,(H,32,33,34)/t16-,18-,19+,23?,25?/m0/s1. The molecule has 1 aromatic carbocycles. The van der Waals surface area contributed by atoms with E-state index in [1.165, 1.54) is 10.9 Å². The predicted octanol–water partition coefficient (Wildman–Crippen LogP) is 3.36. The number of hydrogen-bond donors (Lipinski definition) is 4. The molecule has 3 aliphatic rings. The van der Waals surface area contributed by atoms with Crippen LogP contribution < -0.4 is 21.3 Å². The molecule has 2 amide bonds. The van der Waals surface area contributed by atoms with E-state index in [0.717, 1.165) is 60.9 Å². The summed E-state index contributed by atoms with van der Waals surface area (Å²) in [5.74, 6) is -0.321. The second-order valence-electron chi connectivity index (χ2n) is 9.61. The van der Waals surface area contributed by atoms with Crippen molar-refractivity contribution < 1.29 is 9.59 Å². The van der Waals surface area contributed by atoms with Gasteiger partial charge in [0.15, 0.2) is 6.29 Å². The van der Waals surface area contributed by atoms with Crippen molar-refractivity contribution in [3.05, 3.63) is 53.4 Å². The van der Waals surface area contributed by atoms with Crippen LogP contribution in [0.25, 0.3) is 10.9 Å². The van der Waals surface area contributed by atoms with Crippen LogP contribution in [0.15, 0.2) is 47.1 Å². The van der Waals surface area contributed by atoms with Crippen molar-refractivity contribution in [2.45, 2.75) is 69.7 Å². The van der Waals surface area contributed by atoms with E-state index in [4.69, 9.17) is 0 Å². The number of aryl methyl sites for hydroxylation is 1. The quantitative estimate of drug-likeness (QED) is 0.469. The smallest absolute Gasteiger partial charge is 0.286 e. The third kappa shape index (κ3) is 5.58. The molecule has 2 aromatic rings. The summed E-state index contributed by atoms with van der Waals surface area (Å²) in [5, 5.41) is 13.7. The van der Waals surface area contributed by atoms with Crippen LogP contribution in [0.4, 0.5) is 4.79 Å². The Hall–Kier alpha value is -2.75. The maximum absolute atomic E-state index is 12.1. The number of para-hydroxylation sites is 1. The minimum Gasteiger partial charge on any atom is -0.355 e. The molecule has 1 saturated heterocycles. The Balaban J connectivity index is 1.10. The fourth-order valence-electron chi connectivity index (χ4n) is 5.17. The van der Waals surface area contributed by atoms with Crippen molar-refractivity contribution in [3.8, 4) is 0 Å². The number of aromatic nitrogens is 1. The number of rotatable bonds is 7. The maximum Gasteiger partial charge on any atom is 0.286 e. The van der Waals surface area contributed by atoms with E-state index in [1.54, 1.807) is 6.21 Å². The van der Waals surface area contributed by atoms with Gasteiger partial charge in [-0.1, -0.05) is 36.9 Å². The van der Waals surface area contributed by atoms with E-state index in [0.29, 0.717) is 12.1 Å². The van der Waals surface area contributed by atoms with Gasteiger partial charge in [0.05, 0.1) is 5.52 Å². The fraction of sp³-hybridized carbons (Fsp3) is 0.462. The lowest BCUT2D eigenvalue weighted by molar-refractivity contribution is -0.119. The zero-order chi connectivity index (χ0) is 24.4. The van der Waals surface area contributed by atoms with Gasteiger partial charge in [-0.15, -0.1) is 0 Å². The number of benzene rings is 1. The summed E-state index contributed by atoms with van der Waals surface area (Å²) in [4.78, 5) is 32.8. The Morgan fingerprint density at radius 3 is 2.69 bits per heavy atom. The first kappa shape index (κ1) is 24.0. The zero-order valence-corrected chi connectivity index (χ0v) is 20.9. The van der Waals surface area contributed by atoms with Crippen LogP contribution in [0.2, 0.25) is 0 Å². The highest BCUT2D eigenvalue weighted by Gasteiger charge is 2.38. The van der Waals surface area contributed by atoms with E-state index in [9.17, 15) is 9.59 Å². The summed E-state index contributed by atoms with van der Waals surface area (Å²) in [7, 11) is 0. The molecule has 35 heavy (non-hydrogen) atoms. The minimum absolute atomic E-state index is 0.102. The molecule has 1 aromatic heterocycles. The number of nitrogens with one attached hydrogen (secondary N) is 4. The lowest BCUT2D eigenvalue weighted by atomic mass is 9.91. The molecule has 0 radical (unpaired) electrons. The van der Waals surface area contributed by atoms with Crippen molar-refractivity contribution in [1.82, 2.24) is 26.3 Å². The van der Waals surface area contributed by atoms with E-state index < -0.39 is 5.25 Å². The Labute approximate surface area is 209 Å². The number of aliphatic imine (C=N–C) groups is 1. The molecule has 2 aliphatic heterocycles.